The van der Waals surface area contributed by atoms with Gasteiger partial charge in [-0.05, 0) is 11.1 Å². The number of phosphoric ester groups is 1. The van der Waals surface area contributed by atoms with Crippen LogP contribution in [0.15, 0.2) is 35.7 Å². The number of phosphoric acid groups is 1. The van der Waals surface area contributed by atoms with Crippen LogP contribution < -0.4 is 10.8 Å². The first kappa shape index (κ1) is 24.5. The maximum absolute atomic E-state index is 11.0. The van der Waals surface area contributed by atoms with Gasteiger partial charge in [-0.25, -0.2) is 19.5 Å². The second kappa shape index (κ2) is 9.56. The summed E-state index contributed by atoms with van der Waals surface area (Å²) in [6, 6.07) is 6.03. The van der Waals surface area contributed by atoms with Gasteiger partial charge in [-0.3, -0.25) is 9.09 Å². The number of aliphatic hydroxyl groups is 2. The average molecular weight is 512 g/mol. The Bertz CT molecular complexity index is 1250. The Kier molecular flexibility index (Phi) is 6.89. The molecule has 4 unspecified atom stereocenters. The highest BCUT2D eigenvalue weighted by molar-refractivity contribution is 7.98. The van der Waals surface area contributed by atoms with Gasteiger partial charge in [-0.1, -0.05) is 36.0 Å². The van der Waals surface area contributed by atoms with Crippen molar-refractivity contribution >= 4 is 42.5 Å². The summed E-state index contributed by atoms with van der Waals surface area (Å²) in [7, 11) is -4.83. The topological polar surface area (TPSA) is 226 Å². The number of fused-ring (bicyclic) bond motifs is 1. The summed E-state index contributed by atoms with van der Waals surface area (Å²) in [5.41, 5.74) is 7.13. The van der Waals surface area contributed by atoms with E-state index in [9.17, 15) is 24.7 Å². The number of rotatable bonds is 8. The quantitative estimate of drug-likeness (QED) is 0.176. The molecule has 0 bridgehead atoms. The first-order valence-electron chi connectivity index (χ1n) is 9.68. The van der Waals surface area contributed by atoms with Gasteiger partial charge in [0.25, 0.3) is 0 Å². The van der Waals surface area contributed by atoms with E-state index in [1.165, 1.54) is 34.8 Å². The molecule has 3 aromatic rings. The van der Waals surface area contributed by atoms with Crippen molar-refractivity contribution in [3.05, 3.63) is 41.7 Å². The van der Waals surface area contributed by atoms with E-state index in [2.05, 4.69) is 19.5 Å². The van der Waals surface area contributed by atoms with Gasteiger partial charge in [-0.2, -0.15) is 0 Å². The molecule has 0 radical (unpaired) electrons. The summed E-state index contributed by atoms with van der Waals surface area (Å²) in [5.74, 6) is -0.892. The molecule has 182 valence electrons. The molecular formula is C18H19N5O9PS-. The number of carboxylic acid groups (broad SMARTS) is 1. The molecule has 1 saturated heterocycles. The molecule has 4 rings (SSSR count). The lowest BCUT2D eigenvalue weighted by molar-refractivity contribution is -0.255. The van der Waals surface area contributed by atoms with E-state index in [4.69, 9.17) is 20.3 Å². The molecule has 0 spiro atoms. The predicted molar refractivity (Wildman–Crippen MR) is 114 cm³/mol. The van der Waals surface area contributed by atoms with Crippen LogP contribution >= 0.6 is 19.6 Å². The number of hydrogen-bond acceptors (Lipinski definition) is 12. The Hall–Kier alpha value is -2.62. The minimum Gasteiger partial charge on any atom is -0.545 e. The van der Waals surface area contributed by atoms with Crippen molar-refractivity contribution in [1.82, 2.24) is 19.5 Å². The predicted octanol–water partition coefficient (Wildman–Crippen LogP) is -1.21. The van der Waals surface area contributed by atoms with E-state index in [1.807, 2.05) is 0 Å². The number of benzene rings is 1. The number of anilines is 1. The highest BCUT2D eigenvalue weighted by Crippen LogP contribution is 2.40. The van der Waals surface area contributed by atoms with E-state index in [1.54, 1.807) is 12.1 Å². The van der Waals surface area contributed by atoms with Crippen LogP contribution in [0.3, 0.4) is 0 Å². The SMILES string of the molecule is Nc1ncnc2c1nc(SCc1ccc(C(=O)[O-])cc1)n2C1OC(COP(=O)(O)O)C(O)C1O. The number of carbonyl (C=O) groups excluding carboxylic acids is 1. The number of carbonyl (C=O) groups is 1. The first-order chi connectivity index (χ1) is 16.0. The van der Waals surface area contributed by atoms with Gasteiger partial charge in [0.15, 0.2) is 28.4 Å². The number of carboxylic acids is 1. The van der Waals surface area contributed by atoms with E-state index in [0.29, 0.717) is 10.9 Å². The number of nitrogens with zero attached hydrogens (tertiary/aromatic N) is 4. The lowest BCUT2D eigenvalue weighted by atomic mass is 10.1. The van der Waals surface area contributed by atoms with Crippen LogP contribution in [0.25, 0.3) is 11.2 Å². The number of ether oxygens (including phenoxy) is 1. The van der Waals surface area contributed by atoms with Gasteiger partial charge >= 0.3 is 7.82 Å². The van der Waals surface area contributed by atoms with Crippen molar-refractivity contribution in [2.45, 2.75) is 35.4 Å². The van der Waals surface area contributed by atoms with Crippen LogP contribution in [0.1, 0.15) is 22.1 Å². The second-order valence-corrected chi connectivity index (χ2v) is 9.48. The zero-order valence-electron chi connectivity index (χ0n) is 17.2. The Morgan fingerprint density at radius 2 is 1.94 bits per heavy atom. The number of thioether (sulfide) groups is 1. The van der Waals surface area contributed by atoms with E-state index in [0.717, 1.165) is 5.56 Å². The summed E-state index contributed by atoms with van der Waals surface area (Å²) in [4.78, 5) is 41.3. The lowest BCUT2D eigenvalue weighted by Crippen LogP contribution is -2.33. The van der Waals surface area contributed by atoms with Gasteiger partial charge < -0.3 is 40.4 Å². The Morgan fingerprint density at radius 1 is 1.24 bits per heavy atom. The van der Waals surface area contributed by atoms with Crippen molar-refractivity contribution in [2.24, 2.45) is 0 Å². The molecule has 1 aromatic carbocycles. The summed E-state index contributed by atoms with van der Waals surface area (Å²) in [6.07, 6.45) is -4.33. The van der Waals surface area contributed by atoms with Gasteiger partial charge in [0.1, 0.15) is 24.6 Å². The zero-order chi connectivity index (χ0) is 24.6. The minimum atomic E-state index is -4.83. The van der Waals surface area contributed by atoms with Crippen molar-refractivity contribution < 1.29 is 43.7 Å². The van der Waals surface area contributed by atoms with Crippen LogP contribution in [0.4, 0.5) is 5.82 Å². The Labute approximate surface area is 195 Å². The Morgan fingerprint density at radius 3 is 2.59 bits per heavy atom. The van der Waals surface area contributed by atoms with Crippen LogP contribution in [0.2, 0.25) is 0 Å². The minimum absolute atomic E-state index is 0.0315. The van der Waals surface area contributed by atoms with Crippen LogP contribution in [-0.4, -0.2) is 70.4 Å². The number of hydrogen-bond donors (Lipinski definition) is 5. The van der Waals surface area contributed by atoms with Gasteiger partial charge in [0, 0.05) is 5.75 Å². The molecule has 34 heavy (non-hydrogen) atoms. The van der Waals surface area contributed by atoms with Gasteiger partial charge in [0.05, 0.1) is 12.6 Å². The standard InChI is InChI=1S/C18H20N5O9PS/c19-14-11-15(21-7-20-14)23(16-13(25)12(24)10(32-16)5-31-33(28,29)30)18(22-11)34-6-8-1-3-9(4-2-8)17(26)27/h1-4,7,10,12-13,16,24-25H,5-6H2,(H,26,27)(H2,19,20,21)(H2,28,29,30)/p-1. The van der Waals surface area contributed by atoms with E-state index in [-0.39, 0.29) is 22.5 Å². The molecule has 1 fully saturated rings. The molecule has 3 heterocycles. The van der Waals surface area contributed by atoms with Crippen molar-refractivity contribution in [3.63, 3.8) is 0 Å². The molecule has 14 nitrogen and oxygen atoms in total. The number of imidazole rings is 1. The van der Waals surface area contributed by atoms with E-state index < -0.39 is 44.9 Å². The normalized spacial score (nSPS) is 22.9. The highest BCUT2D eigenvalue weighted by atomic mass is 32.2. The highest BCUT2D eigenvalue weighted by Gasteiger charge is 2.46. The zero-order valence-corrected chi connectivity index (χ0v) is 18.9. The molecule has 1 aliphatic heterocycles. The van der Waals surface area contributed by atoms with Crippen molar-refractivity contribution in [2.75, 3.05) is 12.3 Å². The Balaban J connectivity index is 1.63. The fourth-order valence-corrected chi connectivity index (χ4v) is 4.69. The van der Waals surface area contributed by atoms with Crippen molar-refractivity contribution in [1.29, 1.82) is 0 Å². The third kappa shape index (κ3) is 5.06. The lowest BCUT2D eigenvalue weighted by Gasteiger charge is -2.19. The molecule has 2 aromatic heterocycles. The summed E-state index contributed by atoms with van der Waals surface area (Å²) >= 11 is 1.19. The van der Waals surface area contributed by atoms with Crippen LogP contribution in [0.5, 0.6) is 0 Å². The molecule has 0 amide bonds. The summed E-state index contributed by atoms with van der Waals surface area (Å²) in [6.45, 7) is -0.671. The molecular weight excluding hydrogens is 493 g/mol. The third-order valence-corrected chi connectivity index (χ3v) is 6.54. The molecule has 0 saturated carbocycles. The van der Waals surface area contributed by atoms with Crippen molar-refractivity contribution in [3.8, 4) is 0 Å². The average Bonchev–Trinajstić information content (AvgIpc) is 3.29. The first-order valence-corrected chi connectivity index (χ1v) is 12.2. The number of nitrogens with two attached hydrogens (primary N) is 1. The smallest absolute Gasteiger partial charge is 0.469 e. The molecule has 6 N–H and O–H groups in total. The number of aliphatic hydroxyl groups excluding tert-OH is 2. The molecule has 0 aliphatic carbocycles. The fourth-order valence-electron chi connectivity index (χ4n) is 3.37. The maximum Gasteiger partial charge on any atom is 0.469 e. The fraction of sp³-hybridized carbons (Fsp3) is 0.333. The van der Waals surface area contributed by atoms with Crippen LogP contribution in [0, 0.1) is 0 Å². The number of aromatic nitrogens is 4. The van der Waals surface area contributed by atoms with Crippen LogP contribution in [-0.2, 0) is 19.6 Å². The van der Waals surface area contributed by atoms with Gasteiger partial charge in [-0.15, -0.1) is 0 Å². The third-order valence-electron chi connectivity index (χ3n) is 5.03. The maximum atomic E-state index is 11.0. The van der Waals surface area contributed by atoms with Gasteiger partial charge in [0.2, 0.25) is 0 Å². The summed E-state index contributed by atoms with van der Waals surface area (Å²) < 4.78 is 22.5. The number of nitrogen functional groups attached to an aromatic ring is 1. The molecule has 16 heteroatoms. The second-order valence-electron chi connectivity index (χ2n) is 7.30. The van der Waals surface area contributed by atoms with E-state index >= 15 is 0 Å². The number of aromatic carboxylic acids is 1. The molecule has 4 atom stereocenters. The molecule has 1 aliphatic rings. The monoisotopic (exact) mass is 512 g/mol. The summed E-state index contributed by atoms with van der Waals surface area (Å²) in [5, 5.41) is 32.2. The largest absolute Gasteiger partial charge is 0.545 e.